The number of nitrogens with two attached hydrogens (primary N) is 1. The molecule has 4 N–H and O–H groups in total. The average molecular weight is 384 g/mol. The first-order valence-corrected chi connectivity index (χ1v) is 9.06. The van der Waals surface area contributed by atoms with E-state index in [1.54, 1.807) is 36.4 Å². The molecule has 0 bridgehead atoms. The molecule has 1 atom stereocenters. The van der Waals surface area contributed by atoms with E-state index in [1.807, 2.05) is 6.92 Å². The number of esters is 1. The largest absolute Gasteiger partial charge is 0.478 e. The first kappa shape index (κ1) is 21.1. The highest BCUT2D eigenvalue weighted by Crippen LogP contribution is 2.13. The Kier molecular flexibility index (Phi) is 7.71. The van der Waals surface area contributed by atoms with Gasteiger partial charge < -0.3 is 20.9 Å². The maximum Gasteiger partial charge on any atom is 0.338 e. The van der Waals surface area contributed by atoms with Crippen LogP contribution in [0.25, 0.3) is 0 Å². The fourth-order valence-corrected chi connectivity index (χ4v) is 2.50. The minimum atomic E-state index is -1.03. The first-order valence-electron chi connectivity index (χ1n) is 9.06. The zero-order valence-electron chi connectivity index (χ0n) is 15.7. The van der Waals surface area contributed by atoms with Gasteiger partial charge in [-0.3, -0.25) is 4.79 Å². The molecule has 1 amide bonds. The third kappa shape index (κ3) is 6.21. The maximum absolute atomic E-state index is 12.3. The SMILES string of the molecule is CCCCOC(=O)c1ccc(NC(=O)C(N)Cc2cccc(C(=O)O)c2)cc1. The summed E-state index contributed by atoms with van der Waals surface area (Å²) in [7, 11) is 0. The van der Waals surface area contributed by atoms with Gasteiger partial charge in [-0.2, -0.15) is 0 Å². The molecule has 0 fully saturated rings. The molecule has 0 radical (unpaired) electrons. The lowest BCUT2D eigenvalue weighted by atomic mass is 10.0. The van der Waals surface area contributed by atoms with Gasteiger partial charge in [0.25, 0.3) is 0 Å². The molecule has 0 saturated carbocycles. The normalized spacial score (nSPS) is 11.5. The number of nitrogens with one attached hydrogen (secondary N) is 1. The number of carboxylic acid groups (broad SMARTS) is 1. The highest BCUT2D eigenvalue weighted by atomic mass is 16.5. The zero-order chi connectivity index (χ0) is 20.5. The molecule has 0 aliphatic rings. The van der Waals surface area contributed by atoms with Crippen LogP contribution in [0.3, 0.4) is 0 Å². The molecule has 0 heterocycles. The van der Waals surface area contributed by atoms with Gasteiger partial charge in [-0.15, -0.1) is 0 Å². The Bertz CT molecular complexity index is 833. The highest BCUT2D eigenvalue weighted by Gasteiger charge is 2.16. The third-order valence-corrected chi connectivity index (χ3v) is 4.09. The number of carbonyl (C=O) groups excluding carboxylic acids is 2. The number of unbranched alkanes of at least 4 members (excludes halogenated alkanes) is 1. The summed E-state index contributed by atoms with van der Waals surface area (Å²) < 4.78 is 5.13. The van der Waals surface area contributed by atoms with Crippen molar-refractivity contribution in [3.05, 3.63) is 65.2 Å². The minimum absolute atomic E-state index is 0.145. The second-order valence-electron chi connectivity index (χ2n) is 6.37. The number of rotatable bonds is 9. The first-order chi connectivity index (χ1) is 13.4. The molecular weight excluding hydrogens is 360 g/mol. The van der Waals surface area contributed by atoms with Crippen molar-refractivity contribution in [3.63, 3.8) is 0 Å². The molecule has 0 aliphatic heterocycles. The lowest BCUT2D eigenvalue weighted by molar-refractivity contribution is -0.117. The van der Waals surface area contributed by atoms with E-state index in [0.717, 1.165) is 12.8 Å². The number of carboxylic acids is 1. The van der Waals surface area contributed by atoms with E-state index in [1.165, 1.54) is 12.1 Å². The van der Waals surface area contributed by atoms with Crippen molar-refractivity contribution in [1.29, 1.82) is 0 Å². The van der Waals surface area contributed by atoms with Crippen molar-refractivity contribution < 1.29 is 24.2 Å². The molecule has 2 aromatic rings. The van der Waals surface area contributed by atoms with Gasteiger partial charge in [0.05, 0.1) is 23.8 Å². The van der Waals surface area contributed by atoms with Crippen molar-refractivity contribution in [3.8, 4) is 0 Å². The van der Waals surface area contributed by atoms with Crippen LogP contribution in [0.1, 0.15) is 46.0 Å². The molecule has 7 heteroatoms. The number of carbonyl (C=O) groups is 3. The predicted octanol–water partition coefficient (Wildman–Crippen LogP) is 2.85. The van der Waals surface area contributed by atoms with E-state index in [0.29, 0.717) is 23.4 Å². The van der Waals surface area contributed by atoms with E-state index in [9.17, 15) is 14.4 Å². The van der Waals surface area contributed by atoms with Gasteiger partial charge in [-0.1, -0.05) is 25.5 Å². The minimum Gasteiger partial charge on any atom is -0.478 e. The summed E-state index contributed by atoms with van der Waals surface area (Å²) in [4.78, 5) is 35.2. The van der Waals surface area contributed by atoms with Gasteiger partial charge >= 0.3 is 11.9 Å². The van der Waals surface area contributed by atoms with Crippen molar-refractivity contribution >= 4 is 23.5 Å². The summed E-state index contributed by atoms with van der Waals surface area (Å²) in [6.07, 6.45) is 1.96. The Labute approximate surface area is 163 Å². The van der Waals surface area contributed by atoms with E-state index >= 15 is 0 Å². The van der Waals surface area contributed by atoms with Crippen LogP contribution in [0.5, 0.6) is 0 Å². The third-order valence-electron chi connectivity index (χ3n) is 4.09. The standard InChI is InChI=1S/C21H24N2O5/c1-2-3-11-28-21(27)15-7-9-17(10-8-15)23-19(24)18(22)13-14-5-4-6-16(12-14)20(25)26/h4-10,12,18H,2-3,11,13,22H2,1H3,(H,23,24)(H,25,26). The molecule has 0 aliphatic carbocycles. The number of hydrogen-bond acceptors (Lipinski definition) is 5. The van der Waals surface area contributed by atoms with Gasteiger partial charge in [-0.25, -0.2) is 9.59 Å². The summed E-state index contributed by atoms with van der Waals surface area (Å²) in [5, 5.41) is 11.7. The molecular formula is C21H24N2O5. The summed E-state index contributed by atoms with van der Waals surface area (Å²) >= 11 is 0. The number of benzene rings is 2. The van der Waals surface area contributed by atoms with Crippen LogP contribution >= 0.6 is 0 Å². The Morgan fingerprint density at radius 3 is 2.46 bits per heavy atom. The van der Waals surface area contributed by atoms with Crippen LogP contribution in [0, 0.1) is 0 Å². The Hall–Kier alpha value is -3.19. The van der Waals surface area contributed by atoms with Crippen molar-refractivity contribution in [2.45, 2.75) is 32.2 Å². The monoisotopic (exact) mass is 384 g/mol. The van der Waals surface area contributed by atoms with E-state index in [-0.39, 0.29) is 12.0 Å². The van der Waals surface area contributed by atoms with Crippen LogP contribution in [0.4, 0.5) is 5.69 Å². The van der Waals surface area contributed by atoms with Crippen LogP contribution in [-0.2, 0) is 16.0 Å². The number of hydrogen-bond donors (Lipinski definition) is 3. The fourth-order valence-electron chi connectivity index (χ4n) is 2.50. The van der Waals surface area contributed by atoms with Crippen LogP contribution < -0.4 is 11.1 Å². The summed E-state index contributed by atoms with van der Waals surface area (Å²) in [6.45, 7) is 2.39. The van der Waals surface area contributed by atoms with Gasteiger partial charge in [0.15, 0.2) is 0 Å². The van der Waals surface area contributed by atoms with Crippen LogP contribution in [0.15, 0.2) is 48.5 Å². The zero-order valence-corrected chi connectivity index (χ0v) is 15.7. The molecule has 2 aromatic carbocycles. The molecule has 7 nitrogen and oxygen atoms in total. The number of aromatic carboxylic acids is 1. The van der Waals surface area contributed by atoms with E-state index in [4.69, 9.17) is 15.6 Å². The van der Waals surface area contributed by atoms with E-state index < -0.39 is 23.9 Å². The van der Waals surface area contributed by atoms with Crippen molar-refractivity contribution in [2.24, 2.45) is 5.73 Å². The lowest BCUT2D eigenvalue weighted by Gasteiger charge is -2.13. The summed E-state index contributed by atoms with van der Waals surface area (Å²) in [5.74, 6) is -1.84. The Balaban J connectivity index is 1.92. The van der Waals surface area contributed by atoms with Gasteiger partial charge in [0.2, 0.25) is 5.91 Å². The van der Waals surface area contributed by atoms with Crippen LogP contribution in [0.2, 0.25) is 0 Å². The predicted molar refractivity (Wildman–Crippen MR) is 105 cm³/mol. The second kappa shape index (κ2) is 10.2. The maximum atomic E-state index is 12.3. The highest BCUT2D eigenvalue weighted by molar-refractivity contribution is 5.96. The number of ether oxygens (including phenoxy) is 1. The number of anilines is 1. The fraction of sp³-hybridized carbons (Fsp3) is 0.286. The van der Waals surface area contributed by atoms with Gasteiger partial charge in [0.1, 0.15) is 0 Å². The van der Waals surface area contributed by atoms with E-state index in [2.05, 4.69) is 5.32 Å². The molecule has 0 saturated heterocycles. The lowest BCUT2D eigenvalue weighted by Crippen LogP contribution is -2.37. The van der Waals surface area contributed by atoms with Gasteiger partial charge in [-0.05, 0) is 54.8 Å². The molecule has 28 heavy (non-hydrogen) atoms. The molecule has 0 spiro atoms. The summed E-state index contributed by atoms with van der Waals surface area (Å²) in [6, 6.07) is 11.8. The molecule has 148 valence electrons. The molecule has 2 rings (SSSR count). The van der Waals surface area contributed by atoms with Crippen LogP contribution in [-0.4, -0.2) is 35.6 Å². The summed E-state index contributed by atoms with van der Waals surface area (Å²) in [5.41, 5.74) is 7.65. The van der Waals surface area contributed by atoms with Crippen molar-refractivity contribution in [1.82, 2.24) is 0 Å². The molecule has 0 aromatic heterocycles. The Morgan fingerprint density at radius 1 is 1.11 bits per heavy atom. The van der Waals surface area contributed by atoms with Crippen molar-refractivity contribution in [2.75, 3.05) is 11.9 Å². The quantitative estimate of drug-likeness (QED) is 0.452. The topological polar surface area (TPSA) is 119 Å². The average Bonchev–Trinajstić information content (AvgIpc) is 2.68. The smallest absolute Gasteiger partial charge is 0.338 e. The Morgan fingerprint density at radius 2 is 1.82 bits per heavy atom. The second-order valence-corrected chi connectivity index (χ2v) is 6.37. The molecule has 1 unspecified atom stereocenters. The van der Waals surface area contributed by atoms with Gasteiger partial charge in [0, 0.05) is 5.69 Å². The number of amides is 1.